The summed E-state index contributed by atoms with van der Waals surface area (Å²) in [5, 5.41) is 2.00. The zero-order valence-electron chi connectivity index (χ0n) is 8.25. The van der Waals surface area contributed by atoms with Crippen LogP contribution in [0, 0.1) is 0 Å². The molecule has 2 rings (SSSR count). The lowest BCUT2D eigenvalue weighted by molar-refractivity contribution is 0.729. The summed E-state index contributed by atoms with van der Waals surface area (Å²) >= 11 is 7.80. The highest BCUT2D eigenvalue weighted by Crippen LogP contribution is 2.33. The third-order valence-corrected chi connectivity index (χ3v) is 4.18. The predicted octanol–water partition coefficient (Wildman–Crippen LogP) is 4.46. The van der Waals surface area contributed by atoms with Crippen LogP contribution in [-0.4, -0.2) is 4.98 Å². The van der Waals surface area contributed by atoms with E-state index in [1.807, 2.05) is 18.2 Å². The minimum absolute atomic E-state index is 0.531. The molecular weight excluding hydrogens is 214 g/mol. The fourth-order valence-corrected chi connectivity index (χ4v) is 2.71. The summed E-state index contributed by atoms with van der Waals surface area (Å²) in [6.07, 6.45) is 1.12. The Morgan fingerprint density at radius 3 is 2.93 bits per heavy atom. The smallest absolute Gasteiger partial charge is 0.0967 e. The fraction of sp³-hybridized carbons (Fsp3) is 0.364. The molecule has 14 heavy (non-hydrogen) atoms. The highest BCUT2D eigenvalue weighted by atomic mass is 35.5. The largest absolute Gasteiger partial charge is 0.241 e. The third kappa shape index (κ3) is 1.64. The number of halogens is 1. The van der Waals surface area contributed by atoms with Crippen LogP contribution >= 0.6 is 22.9 Å². The molecule has 0 bridgehead atoms. The molecule has 0 unspecified atom stereocenters. The molecule has 0 amide bonds. The lowest BCUT2D eigenvalue weighted by Crippen LogP contribution is -1.88. The molecule has 0 fully saturated rings. The minimum Gasteiger partial charge on any atom is -0.241 e. The van der Waals surface area contributed by atoms with Crippen molar-refractivity contribution in [2.75, 3.05) is 0 Å². The number of rotatable bonds is 2. The van der Waals surface area contributed by atoms with Crippen LogP contribution in [0.4, 0.5) is 0 Å². The van der Waals surface area contributed by atoms with Crippen LogP contribution in [0.15, 0.2) is 18.2 Å². The van der Waals surface area contributed by atoms with Crippen LogP contribution < -0.4 is 0 Å². The van der Waals surface area contributed by atoms with Gasteiger partial charge in [-0.3, -0.25) is 0 Å². The number of aromatic nitrogens is 1. The van der Waals surface area contributed by atoms with Crippen molar-refractivity contribution in [3.63, 3.8) is 0 Å². The van der Waals surface area contributed by atoms with Crippen molar-refractivity contribution in [1.82, 2.24) is 4.98 Å². The second-order valence-electron chi connectivity index (χ2n) is 3.45. The molecule has 0 saturated carbocycles. The van der Waals surface area contributed by atoms with Gasteiger partial charge in [-0.15, -0.1) is 11.3 Å². The lowest BCUT2D eigenvalue weighted by Gasteiger charge is -2.00. The van der Waals surface area contributed by atoms with Gasteiger partial charge in [0.25, 0.3) is 0 Å². The van der Waals surface area contributed by atoms with Crippen molar-refractivity contribution in [1.29, 1.82) is 0 Å². The zero-order valence-corrected chi connectivity index (χ0v) is 9.82. The molecule has 0 saturated heterocycles. The summed E-state index contributed by atoms with van der Waals surface area (Å²) in [4.78, 5) is 4.58. The van der Waals surface area contributed by atoms with Crippen molar-refractivity contribution in [3.8, 4) is 0 Å². The minimum atomic E-state index is 0.531. The van der Waals surface area contributed by atoms with Crippen molar-refractivity contribution in [2.24, 2.45) is 0 Å². The molecule has 0 radical (unpaired) electrons. The van der Waals surface area contributed by atoms with Gasteiger partial charge in [-0.1, -0.05) is 31.5 Å². The Hall–Kier alpha value is -0.600. The summed E-state index contributed by atoms with van der Waals surface area (Å²) in [5.74, 6) is 0.531. The van der Waals surface area contributed by atoms with E-state index in [1.165, 1.54) is 5.01 Å². The molecule has 1 aromatic carbocycles. The van der Waals surface area contributed by atoms with Crippen molar-refractivity contribution >= 4 is 33.2 Å². The fourth-order valence-electron chi connectivity index (χ4n) is 1.32. The highest BCUT2D eigenvalue weighted by Gasteiger charge is 2.10. The molecule has 2 aromatic rings. The average molecular weight is 226 g/mol. The summed E-state index contributed by atoms with van der Waals surface area (Å²) in [5.41, 5.74) is 1.03. The molecule has 0 N–H and O–H groups in total. The number of fused-ring (bicyclic) bond motifs is 1. The maximum Gasteiger partial charge on any atom is 0.0967 e. The zero-order chi connectivity index (χ0) is 10.1. The number of hydrogen-bond acceptors (Lipinski definition) is 2. The molecule has 1 heterocycles. The van der Waals surface area contributed by atoms with Crippen LogP contribution in [0.5, 0.6) is 0 Å². The molecule has 1 aromatic heterocycles. The monoisotopic (exact) mass is 225 g/mol. The molecule has 1 nitrogen and oxygen atoms in total. The van der Waals surface area contributed by atoms with Crippen molar-refractivity contribution in [2.45, 2.75) is 26.2 Å². The summed E-state index contributed by atoms with van der Waals surface area (Å²) in [6, 6.07) is 5.89. The molecule has 3 heteroatoms. The summed E-state index contributed by atoms with van der Waals surface area (Å²) < 4.78 is 1.12. The maximum atomic E-state index is 6.09. The third-order valence-electron chi connectivity index (χ3n) is 2.42. The maximum absolute atomic E-state index is 6.09. The van der Waals surface area contributed by atoms with Crippen molar-refractivity contribution in [3.05, 3.63) is 28.2 Å². The van der Waals surface area contributed by atoms with Crippen LogP contribution in [-0.2, 0) is 0 Å². The first kappa shape index (κ1) is 9.94. The van der Waals surface area contributed by atoms with Gasteiger partial charge in [0.2, 0.25) is 0 Å². The molecule has 0 aliphatic rings. The Kier molecular flexibility index (Phi) is 2.75. The average Bonchev–Trinajstić information content (AvgIpc) is 2.62. The first-order valence-corrected chi connectivity index (χ1v) is 5.96. The van der Waals surface area contributed by atoms with E-state index in [-0.39, 0.29) is 0 Å². The normalized spacial score (nSPS) is 13.4. The molecule has 1 atom stereocenters. The van der Waals surface area contributed by atoms with Crippen LogP contribution in [0.2, 0.25) is 5.02 Å². The highest BCUT2D eigenvalue weighted by molar-refractivity contribution is 7.19. The van der Waals surface area contributed by atoms with Gasteiger partial charge in [0, 0.05) is 5.92 Å². The first-order valence-electron chi connectivity index (χ1n) is 4.77. The van der Waals surface area contributed by atoms with E-state index < -0.39 is 0 Å². The molecule has 0 aliphatic heterocycles. The second-order valence-corrected chi connectivity index (χ2v) is 4.89. The van der Waals surface area contributed by atoms with Gasteiger partial charge in [-0.05, 0) is 18.6 Å². The SMILES string of the molecule is CC[C@H](C)c1nc2cccc(Cl)c2s1. The van der Waals surface area contributed by atoms with Crippen LogP contribution in [0.3, 0.4) is 0 Å². The van der Waals surface area contributed by atoms with Gasteiger partial charge in [0.15, 0.2) is 0 Å². The van der Waals surface area contributed by atoms with E-state index in [4.69, 9.17) is 11.6 Å². The van der Waals surface area contributed by atoms with Crippen molar-refractivity contribution < 1.29 is 0 Å². The quantitative estimate of drug-likeness (QED) is 0.735. The second kappa shape index (κ2) is 3.87. The number of benzene rings is 1. The van der Waals surface area contributed by atoms with E-state index >= 15 is 0 Å². The Balaban J connectivity index is 2.56. The van der Waals surface area contributed by atoms with Gasteiger partial charge in [0.1, 0.15) is 0 Å². The van der Waals surface area contributed by atoms with E-state index in [0.717, 1.165) is 21.7 Å². The van der Waals surface area contributed by atoms with Crippen LogP contribution in [0.25, 0.3) is 10.2 Å². The van der Waals surface area contributed by atoms with E-state index in [2.05, 4.69) is 18.8 Å². The number of nitrogens with zero attached hydrogens (tertiary/aromatic N) is 1. The molecular formula is C11H12ClNS. The van der Waals surface area contributed by atoms with E-state index in [9.17, 15) is 0 Å². The molecule has 74 valence electrons. The van der Waals surface area contributed by atoms with E-state index in [1.54, 1.807) is 11.3 Å². The van der Waals surface area contributed by atoms with Gasteiger partial charge < -0.3 is 0 Å². The van der Waals surface area contributed by atoms with Gasteiger partial charge in [0.05, 0.1) is 20.2 Å². The molecule has 0 aliphatic carbocycles. The number of hydrogen-bond donors (Lipinski definition) is 0. The summed E-state index contributed by atoms with van der Waals surface area (Å²) in [7, 11) is 0. The first-order chi connectivity index (χ1) is 6.72. The van der Waals surface area contributed by atoms with Gasteiger partial charge in [-0.2, -0.15) is 0 Å². The Bertz CT molecular complexity index is 449. The Morgan fingerprint density at radius 2 is 2.29 bits per heavy atom. The Morgan fingerprint density at radius 1 is 1.50 bits per heavy atom. The van der Waals surface area contributed by atoms with Gasteiger partial charge in [-0.25, -0.2) is 4.98 Å². The predicted molar refractivity (Wildman–Crippen MR) is 63.3 cm³/mol. The number of thiazole rings is 1. The summed E-state index contributed by atoms with van der Waals surface area (Å²) in [6.45, 7) is 4.38. The van der Waals surface area contributed by atoms with Crippen LogP contribution in [0.1, 0.15) is 31.2 Å². The lowest BCUT2D eigenvalue weighted by atomic mass is 10.1. The standard InChI is InChI=1S/C11H12ClNS/c1-3-7(2)11-13-9-6-4-5-8(12)10(9)14-11/h4-7H,3H2,1-2H3/t7-/m0/s1. The van der Waals surface area contributed by atoms with E-state index in [0.29, 0.717) is 5.92 Å². The topological polar surface area (TPSA) is 12.9 Å². The molecule has 0 spiro atoms. The Labute approximate surface area is 92.7 Å². The van der Waals surface area contributed by atoms with Gasteiger partial charge >= 0.3 is 0 Å².